The first kappa shape index (κ1) is 16.1. The second-order valence-electron chi connectivity index (χ2n) is 4.58. The normalized spacial score (nSPS) is 10.6. The molecule has 6 nitrogen and oxygen atoms in total. The van der Waals surface area contributed by atoms with Crippen LogP contribution in [0, 0.1) is 0 Å². The number of pyridine rings is 1. The summed E-state index contributed by atoms with van der Waals surface area (Å²) in [6, 6.07) is 3.19. The Morgan fingerprint density at radius 1 is 1.25 bits per heavy atom. The fourth-order valence-corrected chi connectivity index (χ4v) is 1.88. The predicted octanol–water partition coefficient (Wildman–Crippen LogP) is 1.08. The molecule has 0 atom stereocenters. The molecule has 0 aliphatic rings. The number of likely N-dealkylation sites (N-methyl/N-ethyl adjacent to an activating group) is 2. The van der Waals surface area contributed by atoms with Crippen LogP contribution in [0.15, 0.2) is 18.3 Å². The number of hydrogen-bond donors (Lipinski definition) is 1. The third kappa shape index (κ3) is 4.62. The highest BCUT2D eigenvalue weighted by Gasteiger charge is 2.13. The molecule has 6 heteroatoms. The molecule has 0 fully saturated rings. The number of aromatic nitrogens is 1. The van der Waals surface area contributed by atoms with Gasteiger partial charge in [-0.3, -0.25) is 14.7 Å². The van der Waals surface area contributed by atoms with Gasteiger partial charge in [0.2, 0.25) is 5.91 Å². The van der Waals surface area contributed by atoms with Gasteiger partial charge in [0.25, 0.3) is 0 Å². The Morgan fingerprint density at radius 2 is 1.90 bits per heavy atom. The Balaban J connectivity index is 2.55. The van der Waals surface area contributed by atoms with E-state index in [-0.39, 0.29) is 11.5 Å². The third-order valence-corrected chi connectivity index (χ3v) is 3.02. The number of carboxylic acid groups (broad SMARTS) is 1. The Kier molecular flexibility index (Phi) is 6.11. The van der Waals surface area contributed by atoms with E-state index in [1.54, 1.807) is 11.0 Å². The van der Waals surface area contributed by atoms with Gasteiger partial charge in [-0.05, 0) is 33.0 Å². The van der Waals surface area contributed by atoms with E-state index in [9.17, 15) is 9.59 Å². The number of nitrogens with zero attached hydrogens (tertiary/aromatic N) is 3. The summed E-state index contributed by atoms with van der Waals surface area (Å²) in [6.45, 7) is 6.14. The van der Waals surface area contributed by atoms with Crippen molar-refractivity contribution >= 4 is 11.9 Å². The van der Waals surface area contributed by atoms with Crippen LogP contribution in [-0.2, 0) is 11.3 Å². The van der Waals surface area contributed by atoms with Crippen molar-refractivity contribution in [3.63, 3.8) is 0 Å². The maximum absolute atomic E-state index is 11.9. The van der Waals surface area contributed by atoms with E-state index in [2.05, 4.69) is 4.98 Å². The zero-order valence-corrected chi connectivity index (χ0v) is 12.2. The van der Waals surface area contributed by atoms with Crippen LogP contribution >= 0.6 is 0 Å². The van der Waals surface area contributed by atoms with Crippen LogP contribution in [-0.4, -0.2) is 58.4 Å². The highest BCUT2D eigenvalue weighted by Crippen LogP contribution is 2.03. The molecule has 1 aromatic heterocycles. The van der Waals surface area contributed by atoms with Gasteiger partial charge < -0.3 is 10.0 Å². The summed E-state index contributed by atoms with van der Waals surface area (Å²) in [6.07, 6.45) is 1.33. The van der Waals surface area contributed by atoms with Crippen molar-refractivity contribution in [2.75, 3.05) is 26.7 Å². The summed E-state index contributed by atoms with van der Waals surface area (Å²) in [5.41, 5.74) is 0.903. The Morgan fingerprint density at radius 3 is 2.35 bits per heavy atom. The molecular formula is C14H21N3O3. The molecule has 0 saturated heterocycles. The molecule has 0 spiro atoms. The quantitative estimate of drug-likeness (QED) is 0.808. The molecule has 1 amide bonds. The van der Waals surface area contributed by atoms with Crippen molar-refractivity contribution < 1.29 is 14.7 Å². The van der Waals surface area contributed by atoms with E-state index in [4.69, 9.17) is 5.11 Å². The van der Waals surface area contributed by atoms with Gasteiger partial charge in [-0.2, -0.15) is 0 Å². The Hall–Kier alpha value is -1.95. The number of rotatable bonds is 7. The van der Waals surface area contributed by atoms with Gasteiger partial charge in [-0.15, -0.1) is 0 Å². The van der Waals surface area contributed by atoms with Crippen molar-refractivity contribution in [3.05, 3.63) is 29.6 Å². The number of carbonyl (C=O) groups is 2. The molecule has 0 bridgehead atoms. The smallest absolute Gasteiger partial charge is 0.337 e. The van der Waals surface area contributed by atoms with E-state index in [0.29, 0.717) is 26.2 Å². The van der Waals surface area contributed by atoms with E-state index in [0.717, 1.165) is 5.69 Å². The topological polar surface area (TPSA) is 73.7 Å². The molecule has 0 unspecified atom stereocenters. The number of carboxylic acids is 1. The minimum Gasteiger partial charge on any atom is -0.478 e. The van der Waals surface area contributed by atoms with E-state index < -0.39 is 5.97 Å². The van der Waals surface area contributed by atoms with Crippen LogP contribution in [0.1, 0.15) is 29.9 Å². The van der Waals surface area contributed by atoms with Crippen LogP contribution in [0.5, 0.6) is 0 Å². The van der Waals surface area contributed by atoms with Crippen molar-refractivity contribution in [3.8, 4) is 0 Å². The monoisotopic (exact) mass is 279 g/mol. The van der Waals surface area contributed by atoms with Gasteiger partial charge in [-0.25, -0.2) is 4.79 Å². The van der Waals surface area contributed by atoms with Crippen LogP contribution in [0.3, 0.4) is 0 Å². The predicted molar refractivity (Wildman–Crippen MR) is 75.5 cm³/mol. The first-order chi connectivity index (χ1) is 9.47. The molecule has 0 aliphatic heterocycles. The number of carbonyl (C=O) groups excluding carboxylic acids is 1. The summed E-state index contributed by atoms with van der Waals surface area (Å²) >= 11 is 0. The fourth-order valence-electron chi connectivity index (χ4n) is 1.88. The molecule has 0 aromatic carbocycles. The van der Waals surface area contributed by atoms with E-state index in [1.807, 2.05) is 25.8 Å². The summed E-state index contributed by atoms with van der Waals surface area (Å²) in [4.78, 5) is 30.4. The zero-order chi connectivity index (χ0) is 15.1. The first-order valence-electron chi connectivity index (χ1n) is 6.62. The van der Waals surface area contributed by atoms with Gasteiger partial charge in [0.1, 0.15) is 0 Å². The third-order valence-electron chi connectivity index (χ3n) is 3.02. The highest BCUT2D eigenvalue weighted by atomic mass is 16.4. The second-order valence-corrected chi connectivity index (χ2v) is 4.58. The Labute approximate surface area is 119 Å². The SMILES string of the molecule is CCN(CC)C(=O)CN(C)Cc1ccc(C(=O)O)cn1. The second kappa shape index (κ2) is 7.59. The van der Waals surface area contributed by atoms with Crippen molar-refractivity contribution in [1.29, 1.82) is 0 Å². The average molecular weight is 279 g/mol. The molecule has 1 aromatic rings. The van der Waals surface area contributed by atoms with Crippen molar-refractivity contribution in [1.82, 2.24) is 14.8 Å². The average Bonchev–Trinajstić information content (AvgIpc) is 2.40. The van der Waals surface area contributed by atoms with Crippen molar-refractivity contribution in [2.45, 2.75) is 20.4 Å². The lowest BCUT2D eigenvalue weighted by Crippen LogP contribution is -2.38. The largest absolute Gasteiger partial charge is 0.478 e. The molecule has 1 N–H and O–H groups in total. The zero-order valence-electron chi connectivity index (χ0n) is 12.2. The lowest BCUT2D eigenvalue weighted by molar-refractivity contribution is -0.131. The first-order valence-corrected chi connectivity index (χ1v) is 6.62. The molecule has 0 aliphatic carbocycles. The van der Waals surface area contributed by atoms with Crippen LogP contribution in [0.4, 0.5) is 0 Å². The van der Waals surface area contributed by atoms with Gasteiger partial charge in [-0.1, -0.05) is 0 Å². The number of amides is 1. The van der Waals surface area contributed by atoms with Gasteiger partial charge in [0, 0.05) is 25.8 Å². The highest BCUT2D eigenvalue weighted by molar-refractivity contribution is 5.87. The van der Waals surface area contributed by atoms with Crippen LogP contribution < -0.4 is 0 Å². The minimum absolute atomic E-state index is 0.0830. The van der Waals surface area contributed by atoms with E-state index >= 15 is 0 Å². The van der Waals surface area contributed by atoms with Gasteiger partial charge in [0.05, 0.1) is 17.8 Å². The molecule has 1 heterocycles. The molecular weight excluding hydrogens is 258 g/mol. The lowest BCUT2D eigenvalue weighted by Gasteiger charge is -2.22. The maximum atomic E-state index is 11.9. The maximum Gasteiger partial charge on any atom is 0.337 e. The fraction of sp³-hybridized carbons (Fsp3) is 0.500. The summed E-state index contributed by atoms with van der Waals surface area (Å²) in [5, 5.41) is 8.79. The molecule has 20 heavy (non-hydrogen) atoms. The van der Waals surface area contributed by atoms with Crippen LogP contribution in [0.2, 0.25) is 0 Å². The van der Waals surface area contributed by atoms with Crippen molar-refractivity contribution in [2.24, 2.45) is 0 Å². The summed E-state index contributed by atoms with van der Waals surface area (Å²) in [7, 11) is 1.84. The Bertz CT molecular complexity index is 455. The summed E-state index contributed by atoms with van der Waals surface area (Å²) < 4.78 is 0. The van der Waals surface area contributed by atoms with E-state index in [1.165, 1.54) is 12.3 Å². The lowest BCUT2D eigenvalue weighted by atomic mass is 10.2. The van der Waals surface area contributed by atoms with Gasteiger partial charge >= 0.3 is 5.97 Å². The number of aromatic carboxylic acids is 1. The summed E-state index contributed by atoms with van der Waals surface area (Å²) in [5.74, 6) is -0.909. The van der Waals surface area contributed by atoms with Gasteiger partial charge in [0.15, 0.2) is 0 Å². The minimum atomic E-state index is -0.992. The molecule has 110 valence electrons. The van der Waals surface area contributed by atoms with Crippen LogP contribution in [0.25, 0.3) is 0 Å². The standard InChI is InChI=1S/C14H21N3O3/c1-4-17(5-2)13(18)10-16(3)9-12-7-6-11(8-15-12)14(19)20/h6-8H,4-5,9-10H2,1-3H3,(H,19,20). The number of hydrogen-bond acceptors (Lipinski definition) is 4. The molecule has 0 saturated carbocycles. The molecule has 1 rings (SSSR count). The molecule has 0 radical (unpaired) electrons.